The molecule has 0 saturated heterocycles. The third-order valence-electron chi connectivity index (χ3n) is 4.57. The number of halogens is 1. The zero-order valence-electron chi connectivity index (χ0n) is 15.1. The average molecular weight is 386 g/mol. The lowest BCUT2D eigenvalue weighted by Gasteiger charge is -2.28. The Kier molecular flexibility index (Phi) is 5.63. The molecule has 0 bridgehead atoms. The van der Waals surface area contributed by atoms with Crippen LogP contribution in [0.5, 0.6) is 0 Å². The predicted octanol–water partition coefficient (Wildman–Crippen LogP) is 4.59. The number of carbonyl (C=O) groups is 1. The summed E-state index contributed by atoms with van der Waals surface area (Å²) in [6.07, 6.45) is 1.55. The predicted molar refractivity (Wildman–Crippen MR) is 102 cm³/mol. The van der Waals surface area contributed by atoms with Gasteiger partial charge in [0.25, 0.3) is 0 Å². The van der Waals surface area contributed by atoms with Crippen molar-refractivity contribution in [2.24, 2.45) is 0 Å². The van der Waals surface area contributed by atoms with E-state index in [2.05, 4.69) is 4.98 Å². The van der Waals surface area contributed by atoms with E-state index in [-0.39, 0.29) is 12.5 Å². The van der Waals surface area contributed by atoms with Crippen molar-refractivity contribution >= 4 is 17.6 Å². The van der Waals surface area contributed by atoms with Crippen LogP contribution in [0.25, 0.3) is 11.3 Å². The first-order valence-electron chi connectivity index (χ1n) is 8.53. The van der Waals surface area contributed by atoms with Crippen molar-refractivity contribution in [3.05, 3.63) is 77.3 Å². The molecule has 1 heterocycles. The summed E-state index contributed by atoms with van der Waals surface area (Å²) < 4.78 is 10.8. The molecule has 6 heteroatoms. The minimum atomic E-state index is -1.67. The first kappa shape index (κ1) is 19.1. The van der Waals surface area contributed by atoms with E-state index in [0.29, 0.717) is 10.8 Å². The van der Waals surface area contributed by atoms with Gasteiger partial charge in [-0.25, -0.2) is 9.78 Å². The second-order valence-electron chi connectivity index (χ2n) is 6.48. The first-order chi connectivity index (χ1) is 12.9. The topological polar surface area (TPSA) is 72.6 Å². The summed E-state index contributed by atoms with van der Waals surface area (Å²) in [5, 5.41) is 11.3. The summed E-state index contributed by atoms with van der Waals surface area (Å²) in [5.41, 5.74) is -0.0118. The van der Waals surface area contributed by atoms with Crippen LogP contribution >= 0.6 is 11.6 Å². The Bertz CT molecular complexity index is 903. The molecule has 2 aromatic carbocycles. The molecular weight excluding hydrogens is 366 g/mol. The fourth-order valence-electron chi connectivity index (χ4n) is 2.64. The Labute approximate surface area is 162 Å². The normalized spacial score (nSPS) is 14.4. The van der Waals surface area contributed by atoms with E-state index in [1.165, 1.54) is 6.92 Å². The van der Waals surface area contributed by atoms with E-state index in [1.54, 1.807) is 25.3 Å². The van der Waals surface area contributed by atoms with Gasteiger partial charge in [0.1, 0.15) is 0 Å². The van der Waals surface area contributed by atoms with Crippen molar-refractivity contribution in [2.45, 2.75) is 32.0 Å². The highest BCUT2D eigenvalue weighted by atomic mass is 35.5. The van der Waals surface area contributed by atoms with Gasteiger partial charge in [0.15, 0.2) is 18.0 Å². The maximum Gasteiger partial charge on any atom is 0.338 e. The van der Waals surface area contributed by atoms with E-state index in [9.17, 15) is 9.90 Å². The average Bonchev–Trinajstić information content (AvgIpc) is 3.15. The fraction of sp³-hybridized carbons (Fsp3) is 0.238. The fourth-order valence-corrected chi connectivity index (χ4v) is 2.77. The first-order valence-corrected chi connectivity index (χ1v) is 8.91. The number of rotatable bonds is 6. The maximum atomic E-state index is 12.4. The molecule has 2 atom stereocenters. The van der Waals surface area contributed by atoms with Crippen LogP contribution in [0.4, 0.5) is 0 Å². The molecule has 1 N–H and O–H groups in total. The Morgan fingerprint density at radius 1 is 1.22 bits per heavy atom. The van der Waals surface area contributed by atoms with Crippen LogP contribution in [0.15, 0.2) is 65.2 Å². The Morgan fingerprint density at radius 2 is 1.89 bits per heavy atom. The number of oxazole rings is 1. The van der Waals surface area contributed by atoms with Crippen molar-refractivity contribution < 1.29 is 19.1 Å². The molecule has 0 saturated carbocycles. The second-order valence-corrected chi connectivity index (χ2v) is 6.92. The van der Waals surface area contributed by atoms with Crippen LogP contribution in [0, 0.1) is 0 Å². The summed E-state index contributed by atoms with van der Waals surface area (Å²) in [7, 11) is 0. The van der Waals surface area contributed by atoms with Crippen molar-refractivity contribution in [1.82, 2.24) is 4.98 Å². The second kappa shape index (κ2) is 7.94. The number of esters is 1. The van der Waals surface area contributed by atoms with E-state index < -0.39 is 17.5 Å². The number of hydrogen-bond donors (Lipinski definition) is 1. The third-order valence-corrected chi connectivity index (χ3v) is 4.82. The summed E-state index contributed by atoms with van der Waals surface area (Å²) >= 11 is 5.87. The molecule has 1 aromatic heterocycles. The van der Waals surface area contributed by atoms with Gasteiger partial charge in [-0.15, -0.1) is 0 Å². The van der Waals surface area contributed by atoms with E-state index >= 15 is 0 Å². The molecule has 0 aliphatic heterocycles. The lowest BCUT2D eigenvalue weighted by Crippen LogP contribution is -2.41. The van der Waals surface area contributed by atoms with Crippen molar-refractivity contribution in [1.29, 1.82) is 0 Å². The van der Waals surface area contributed by atoms with Crippen LogP contribution in [0.2, 0.25) is 5.02 Å². The van der Waals surface area contributed by atoms with Gasteiger partial charge in [0.05, 0.1) is 6.20 Å². The molecular formula is C21H20ClNO4. The SMILES string of the molecule is CC(c1ccccc1)C(C)(O)C(=O)OCc1ncc(-c2ccc(Cl)cc2)o1. The Balaban J connectivity index is 1.64. The van der Waals surface area contributed by atoms with Crippen LogP contribution in [-0.2, 0) is 16.1 Å². The van der Waals surface area contributed by atoms with E-state index in [1.807, 2.05) is 42.5 Å². The quantitative estimate of drug-likeness (QED) is 0.628. The third kappa shape index (κ3) is 4.38. The summed E-state index contributed by atoms with van der Waals surface area (Å²) in [6.45, 7) is 3.06. The van der Waals surface area contributed by atoms with Crippen LogP contribution < -0.4 is 0 Å². The number of benzene rings is 2. The number of aliphatic hydroxyl groups is 1. The monoisotopic (exact) mass is 385 g/mol. The molecule has 0 radical (unpaired) electrons. The standard InChI is InChI=1S/C21H20ClNO4/c1-14(15-6-4-3-5-7-15)21(2,25)20(24)26-13-19-23-12-18(27-19)16-8-10-17(22)11-9-16/h3-12,14,25H,13H2,1-2H3. The number of hydrogen-bond acceptors (Lipinski definition) is 5. The zero-order valence-corrected chi connectivity index (χ0v) is 15.8. The largest absolute Gasteiger partial charge is 0.454 e. The van der Waals surface area contributed by atoms with Crippen molar-refractivity contribution in [2.75, 3.05) is 0 Å². The van der Waals surface area contributed by atoms with Crippen LogP contribution in [0.1, 0.15) is 31.2 Å². The molecule has 140 valence electrons. The van der Waals surface area contributed by atoms with Crippen molar-refractivity contribution in [3.8, 4) is 11.3 Å². The minimum absolute atomic E-state index is 0.163. The molecule has 0 aliphatic carbocycles. The number of carbonyl (C=O) groups excluding carboxylic acids is 1. The van der Waals surface area contributed by atoms with E-state index in [4.69, 9.17) is 20.8 Å². The van der Waals surface area contributed by atoms with E-state index in [0.717, 1.165) is 11.1 Å². The highest BCUT2D eigenvalue weighted by molar-refractivity contribution is 6.30. The molecule has 0 aliphatic rings. The number of nitrogens with zero attached hydrogens (tertiary/aromatic N) is 1. The minimum Gasteiger partial charge on any atom is -0.454 e. The number of ether oxygens (including phenoxy) is 1. The van der Waals surface area contributed by atoms with Gasteiger partial charge in [-0.1, -0.05) is 48.9 Å². The maximum absolute atomic E-state index is 12.4. The number of aromatic nitrogens is 1. The van der Waals surface area contributed by atoms with Crippen LogP contribution in [0.3, 0.4) is 0 Å². The lowest BCUT2D eigenvalue weighted by atomic mass is 9.85. The zero-order chi connectivity index (χ0) is 19.4. The molecule has 0 amide bonds. The van der Waals surface area contributed by atoms with Gasteiger partial charge in [-0.3, -0.25) is 0 Å². The molecule has 27 heavy (non-hydrogen) atoms. The molecule has 0 spiro atoms. The van der Waals surface area contributed by atoms with Gasteiger partial charge in [0, 0.05) is 16.5 Å². The van der Waals surface area contributed by atoms with Gasteiger partial charge in [-0.05, 0) is 36.8 Å². The van der Waals surface area contributed by atoms with Gasteiger partial charge in [0.2, 0.25) is 5.89 Å². The lowest BCUT2D eigenvalue weighted by molar-refractivity contribution is -0.167. The Morgan fingerprint density at radius 3 is 2.56 bits per heavy atom. The van der Waals surface area contributed by atoms with Crippen molar-refractivity contribution in [3.63, 3.8) is 0 Å². The molecule has 2 unspecified atom stereocenters. The smallest absolute Gasteiger partial charge is 0.338 e. The van der Waals surface area contributed by atoms with Gasteiger partial charge in [-0.2, -0.15) is 0 Å². The summed E-state index contributed by atoms with van der Waals surface area (Å²) in [5.74, 6) is -0.371. The highest BCUT2D eigenvalue weighted by Gasteiger charge is 2.39. The summed E-state index contributed by atoms with van der Waals surface area (Å²) in [6, 6.07) is 16.4. The van der Waals surface area contributed by atoms with Gasteiger partial charge >= 0.3 is 5.97 Å². The van der Waals surface area contributed by atoms with Crippen LogP contribution in [-0.4, -0.2) is 21.7 Å². The van der Waals surface area contributed by atoms with Gasteiger partial charge < -0.3 is 14.3 Å². The Hall–Kier alpha value is -2.63. The molecule has 3 rings (SSSR count). The highest BCUT2D eigenvalue weighted by Crippen LogP contribution is 2.29. The molecule has 0 fully saturated rings. The summed E-state index contributed by atoms with van der Waals surface area (Å²) in [4.78, 5) is 16.5. The molecule has 5 nitrogen and oxygen atoms in total. The molecule has 3 aromatic rings.